The van der Waals surface area contributed by atoms with Gasteiger partial charge in [0, 0.05) is 0 Å². The molecule has 1 fully saturated rings. The lowest BCUT2D eigenvalue weighted by molar-refractivity contribution is -0.159. The molecular weight excluding hydrogens is 304 g/mol. The van der Waals surface area contributed by atoms with Crippen molar-refractivity contribution < 1.29 is 19.1 Å². The molecule has 4 nitrogen and oxygen atoms in total. The Labute approximate surface area is 144 Å². The van der Waals surface area contributed by atoms with Gasteiger partial charge in [-0.1, -0.05) is 45.4 Å². The fourth-order valence-electron chi connectivity index (χ4n) is 3.46. The van der Waals surface area contributed by atoms with Gasteiger partial charge < -0.3 is 9.47 Å². The molecule has 1 saturated carbocycles. The van der Waals surface area contributed by atoms with E-state index in [1.54, 1.807) is 12.1 Å². The smallest absolute Gasteiger partial charge is 0.344 e. The van der Waals surface area contributed by atoms with Crippen LogP contribution >= 0.6 is 0 Å². The van der Waals surface area contributed by atoms with Crippen molar-refractivity contribution in [3.05, 3.63) is 35.4 Å². The van der Waals surface area contributed by atoms with Crippen molar-refractivity contribution in [2.75, 3.05) is 6.61 Å². The van der Waals surface area contributed by atoms with Gasteiger partial charge in [-0.05, 0) is 49.1 Å². The van der Waals surface area contributed by atoms with Crippen LogP contribution in [-0.2, 0) is 14.3 Å². The van der Waals surface area contributed by atoms with E-state index >= 15 is 0 Å². The number of carbonyl (C=O) groups excluding carboxylic acids is 2. The summed E-state index contributed by atoms with van der Waals surface area (Å²) in [5.41, 5.74) is 1.31. The van der Waals surface area contributed by atoms with Crippen LogP contribution in [0.2, 0.25) is 0 Å². The summed E-state index contributed by atoms with van der Waals surface area (Å²) in [7, 11) is 0. The Bertz CT molecular complexity index is 579. The molecule has 1 aromatic carbocycles. The first-order chi connectivity index (χ1) is 11.4. The normalized spacial score (nSPS) is 23.8. The maximum atomic E-state index is 12.1. The SMILES string of the molecule is Cc1ccccc1C(=O)OCC(=O)O[C@H]1C[C@@H](C)CC[C@@H]1C(C)C. The third-order valence-corrected chi connectivity index (χ3v) is 4.93. The molecule has 0 saturated heterocycles. The van der Waals surface area contributed by atoms with Gasteiger partial charge in [0.15, 0.2) is 6.61 Å². The van der Waals surface area contributed by atoms with E-state index in [1.165, 1.54) is 6.42 Å². The molecule has 4 heteroatoms. The highest BCUT2D eigenvalue weighted by molar-refractivity contribution is 5.92. The minimum Gasteiger partial charge on any atom is -0.460 e. The number of carbonyl (C=O) groups is 2. The average molecular weight is 332 g/mol. The molecule has 2 rings (SSSR count). The van der Waals surface area contributed by atoms with Crippen LogP contribution in [-0.4, -0.2) is 24.6 Å². The first kappa shape index (κ1) is 18.5. The molecule has 1 aliphatic rings. The Morgan fingerprint density at radius 3 is 2.58 bits per heavy atom. The van der Waals surface area contributed by atoms with Gasteiger partial charge in [0.25, 0.3) is 0 Å². The van der Waals surface area contributed by atoms with Crippen LogP contribution < -0.4 is 0 Å². The number of ether oxygens (including phenoxy) is 2. The summed E-state index contributed by atoms with van der Waals surface area (Å²) >= 11 is 0. The minimum atomic E-state index is -0.484. The van der Waals surface area contributed by atoms with Crippen molar-refractivity contribution >= 4 is 11.9 Å². The summed E-state index contributed by atoms with van der Waals surface area (Å²) < 4.78 is 10.8. The predicted molar refractivity (Wildman–Crippen MR) is 92.7 cm³/mol. The average Bonchev–Trinajstić information content (AvgIpc) is 2.53. The summed E-state index contributed by atoms with van der Waals surface area (Å²) in [5.74, 6) is 0.485. The van der Waals surface area contributed by atoms with Crippen molar-refractivity contribution in [1.82, 2.24) is 0 Å². The zero-order valence-corrected chi connectivity index (χ0v) is 15.1. The highest BCUT2D eigenvalue weighted by Crippen LogP contribution is 2.35. The largest absolute Gasteiger partial charge is 0.460 e. The maximum absolute atomic E-state index is 12.1. The van der Waals surface area contributed by atoms with Crippen molar-refractivity contribution in [1.29, 1.82) is 0 Å². The molecule has 0 amide bonds. The van der Waals surface area contributed by atoms with Gasteiger partial charge in [0.1, 0.15) is 6.10 Å². The lowest BCUT2D eigenvalue weighted by Crippen LogP contribution is -2.36. The van der Waals surface area contributed by atoms with Gasteiger partial charge in [-0.25, -0.2) is 9.59 Å². The van der Waals surface area contributed by atoms with Crippen molar-refractivity contribution in [2.24, 2.45) is 17.8 Å². The molecule has 0 heterocycles. The fourth-order valence-corrected chi connectivity index (χ4v) is 3.46. The molecule has 0 spiro atoms. The van der Waals surface area contributed by atoms with Gasteiger partial charge >= 0.3 is 11.9 Å². The van der Waals surface area contributed by atoms with Crippen LogP contribution in [0.15, 0.2) is 24.3 Å². The number of hydrogen-bond acceptors (Lipinski definition) is 4. The van der Waals surface area contributed by atoms with E-state index in [0.717, 1.165) is 18.4 Å². The van der Waals surface area contributed by atoms with Crippen LogP contribution in [0.3, 0.4) is 0 Å². The van der Waals surface area contributed by atoms with Crippen LogP contribution in [0.4, 0.5) is 0 Å². The summed E-state index contributed by atoms with van der Waals surface area (Å²) in [6, 6.07) is 7.17. The molecule has 132 valence electrons. The number of aryl methyl sites for hydroxylation is 1. The van der Waals surface area contributed by atoms with Crippen molar-refractivity contribution in [3.8, 4) is 0 Å². The van der Waals surface area contributed by atoms with E-state index in [-0.39, 0.29) is 12.7 Å². The lowest BCUT2D eigenvalue weighted by Gasteiger charge is -2.36. The second kappa shape index (κ2) is 8.32. The molecule has 0 unspecified atom stereocenters. The van der Waals surface area contributed by atoms with E-state index < -0.39 is 11.9 Å². The number of hydrogen-bond donors (Lipinski definition) is 0. The standard InChI is InChI=1S/C20H28O4/c1-13(2)16-10-9-14(3)11-18(16)24-19(21)12-23-20(22)17-8-6-5-7-15(17)4/h5-8,13-14,16,18H,9-12H2,1-4H3/t14-,16+,18-/m0/s1. The third kappa shape index (κ3) is 4.83. The summed E-state index contributed by atoms with van der Waals surface area (Å²) in [5, 5.41) is 0. The zero-order valence-electron chi connectivity index (χ0n) is 15.1. The zero-order chi connectivity index (χ0) is 17.7. The summed E-state index contributed by atoms with van der Waals surface area (Å²) in [4.78, 5) is 24.2. The monoisotopic (exact) mass is 332 g/mol. The molecule has 0 N–H and O–H groups in total. The van der Waals surface area contributed by atoms with Gasteiger partial charge in [-0.3, -0.25) is 0 Å². The van der Waals surface area contributed by atoms with Crippen LogP contribution in [0.5, 0.6) is 0 Å². The van der Waals surface area contributed by atoms with Crippen LogP contribution in [0, 0.1) is 24.7 Å². The molecule has 1 aliphatic carbocycles. The summed E-state index contributed by atoms with van der Waals surface area (Å²) in [6.45, 7) is 8.03. The molecule has 0 aromatic heterocycles. The van der Waals surface area contributed by atoms with E-state index in [0.29, 0.717) is 23.3 Å². The topological polar surface area (TPSA) is 52.6 Å². The second-order valence-corrected chi connectivity index (χ2v) is 7.25. The Kier molecular flexibility index (Phi) is 6.41. The number of rotatable bonds is 5. The Morgan fingerprint density at radius 2 is 1.92 bits per heavy atom. The van der Waals surface area contributed by atoms with Crippen LogP contribution in [0.25, 0.3) is 0 Å². The van der Waals surface area contributed by atoms with Gasteiger partial charge in [0.2, 0.25) is 0 Å². The van der Waals surface area contributed by atoms with E-state index in [2.05, 4.69) is 20.8 Å². The maximum Gasteiger partial charge on any atom is 0.344 e. The molecule has 0 radical (unpaired) electrons. The first-order valence-corrected chi connectivity index (χ1v) is 8.80. The Balaban J connectivity index is 1.88. The van der Waals surface area contributed by atoms with E-state index in [4.69, 9.17) is 9.47 Å². The second-order valence-electron chi connectivity index (χ2n) is 7.25. The van der Waals surface area contributed by atoms with E-state index in [1.807, 2.05) is 19.1 Å². The minimum absolute atomic E-state index is 0.0709. The molecule has 0 bridgehead atoms. The Hall–Kier alpha value is -1.84. The quantitative estimate of drug-likeness (QED) is 0.760. The molecule has 0 aliphatic heterocycles. The fraction of sp³-hybridized carbons (Fsp3) is 0.600. The molecule has 3 atom stereocenters. The van der Waals surface area contributed by atoms with E-state index in [9.17, 15) is 9.59 Å². The molecule has 1 aromatic rings. The van der Waals surface area contributed by atoms with Crippen LogP contribution in [0.1, 0.15) is 56.0 Å². The number of benzene rings is 1. The van der Waals surface area contributed by atoms with Gasteiger partial charge in [-0.2, -0.15) is 0 Å². The summed E-state index contributed by atoms with van der Waals surface area (Å²) in [6.07, 6.45) is 3.08. The van der Waals surface area contributed by atoms with Gasteiger partial charge in [-0.15, -0.1) is 0 Å². The third-order valence-electron chi connectivity index (χ3n) is 4.93. The lowest BCUT2D eigenvalue weighted by atomic mass is 9.75. The van der Waals surface area contributed by atoms with Crippen molar-refractivity contribution in [3.63, 3.8) is 0 Å². The van der Waals surface area contributed by atoms with Crippen molar-refractivity contribution in [2.45, 2.75) is 53.1 Å². The highest BCUT2D eigenvalue weighted by atomic mass is 16.6. The first-order valence-electron chi connectivity index (χ1n) is 8.80. The molecular formula is C20H28O4. The highest BCUT2D eigenvalue weighted by Gasteiger charge is 2.33. The Morgan fingerprint density at radius 1 is 1.21 bits per heavy atom. The number of esters is 2. The molecule has 24 heavy (non-hydrogen) atoms. The predicted octanol–water partition coefficient (Wildman–Crippen LogP) is 4.16. The van der Waals surface area contributed by atoms with Gasteiger partial charge in [0.05, 0.1) is 5.56 Å².